The average Bonchev–Trinajstić information content (AvgIpc) is 2.34. The Kier molecular flexibility index (Phi) is 6.71. The third kappa shape index (κ3) is 5.73. The van der Waals surface area contributed by atoms with Gasteiger partial charge < -0.3 is 4.74 Å². The predicted octanol–water partition coefficient (Wildman–Crippen LogP) is 4.41. The first-order valence-corrected chi connectivity index (χ1v) is 6.54. The molecular weight excluding hydrogens is 236 g/mol. The van der Waals surface area contributed by atoms with Crippen molar-refractivity contribution in [2.75, 3.05) is 6.61 Å². The molecule has 0 aliphatic rings. The summed E-state index contributed by atoms with van der Waals surface area (Å²) in [5.41, 5.74) is 0.482. The molecule has 17 heavy (non-hydrogen) atoms. The van der Waals surface area contributed by atoms with E-state index in [1.165, 1.54) is 25.7 Å². The Morgan fingerprint density at radius 1 is 1.24 bits per heavy atom. The minimum Gasteiger partial charge on any atom is -0.494 e. The van der Waals surface area contributed by atoms with Crippen LogP contribution in [0.5, 0.6) is 5.75 Å². The van der Waals surface area contributed by atoms with Crippen molar-refractivity contribution in [3.63, 3.8) is 0 Å². The zero-order valence-corrected chi connectivity index (χ0v) is 11.0. The summed E-state index contributed by atoms with van der Waals surface area (Å²) in [5.74, 6) is 0.715. The standard InChI is InChI=1S/C14H19ClO2/c1-2-3-4-5-6-10-17-13-9-7-8-12(11-13)14(15)16/h7-9,11H,2-6,10H2,1H3. The quantitative estimate of drug-likeness (QED) is 0.507. The summed E-state index contributed by atoms with van der Waals surface area (Å²) >= 11 is 5.40. The zero-order valence-electron chi connectivity index (χ0n) is 10.2. The smallest absolute Gasteiger partial charge is 0.252 e. The fourth-order valence-electron chi connectivity index (χ4n) is 1.60. The lowest BCUT2D eigenvalue weighted by Crippen LogP contribution is -1.98. The van der Waals surface area contributed by atoms with E-state index >= 15 is 0 Å². The Morgan fingerprint density at radius 3 is 2.71 bits per heavy atom. The largest absolute Gasteiger partial charge is 0.494 e. The van der Waals surface area contributed by atoms with Gasteiger partial charge in [0.05, 0.1) is 6.61 Å². The lowest BCUT2D eigenvalue weighted by Gasteiger charge is -2.06. The zero-order chi connectivity index (χ0) is 12.5. The number of ether oxygens (including phenoxy) is 1. The number of hydrogen-bond acceptors (Lipinski definition) is 2. The van der Waals surface area contributed by atoms with Crippen LogP contribution in [0.4, 0.5) is 0 Å². The molecule has 0 spiro atoms. The van der Waals surface area contributed by atoms with Gasteiger partial charge in [-0.2, -0.15) is 0 Å². The number of carbonyl (C=O) groups excluding carboxylic acids is 1. The number of unbranched alkanes of at least 4 members (excludes halogenated alkanes) is 4. The molecule has 0 saturated heterocycles. The van der Waals surface area contributed by atoms with E-state index in [0.717, 1.165) is 6.42 Å². The highest BCUT2D eigenvalue weighted by Gasteiger charge is 2.02. The lowest BCUT2D eigenvalue weighted by atomic mass is 10.2. The van der Waals surface area contributed by atoms with Gasteiger partial charge in [-0.15, -0.1) is 0 Å². The predicted molar refractivity (Wildman–Crippen MR) is 70.9 cm³/mol. The molecule has 0 N–H and O–H groups in total. The normalized spacial score (nSPS) is 10.2. The molecule has 2 nitrogen and oxygen atoms in total. The van der Waals surface area contributed by atoms with Crippen molar-refractivity contribution in [1.29, 1.82) is 0 Å². The molecule has 0 atom stereocenters. The third-order valence-electron chi connectivity index (χ3n) is 2.58. The summed E-state index contributed by atoms with van der Waals surface area (Å²) in [6, 6.07) is 6.99. The summed E-state index contributed by atoms with van der Waals surface area (Å²) in [6.45, 7) is 2.90. The fourth-order valence-corrected chi connectivity index (χ4v) is 1.72. The molecule has 0 saturated carbocycles. The van der Waals surface area contributed by atoms with Gasteiger partial charge in [0.25, 0.3) is 5.24 Å². The van der Waals surface area contributed by atoms with Crippen LogP contribution < -0.4 is 4.74 Å². The van der Waals surface area contributed by atoms with E-state index in [1.807, 2.05) is 6.07 Å². The van der Waals surface area contributed by atoms with Crippen molar-refractivity contribution in [2.24, 2.45) is 0 Å². The lowest BCUT2D eigenvalue weighted by molar-refractivity contribution is 0.108. The molecule has 1 aromatic rings. The molecule has 1 aromatic carbocycles. The van der Waals surface area contributed by atoms with E-state index in [9.17, 15) is 4.79 Å². The summed E-state index contributed by atoms with van der Waals surface area (Å²) in [4.78, 5) is 11.0. The summed E-state index contributed by atoms with van der Waals surface area (Å²) in [5, 5.41) is -0.446. The van der Waals surface area contributed by atoms with Crippen molar-refractivity contribution >= 4 is 16.8 Å². The Balaban J connectivity index is 2.27. The van der Waals surface area contributed by atoms with E-state index in [1.54, 1.807) is 18.2 Å². The van der Waals surface area contributed by atoms with Crippen molar-refractivity contribution < 1.29 is 9.53 Å². The molecule has 1 rings (SSSR count). The number of carbonyl (C=O) groups is 1. The Morgan fingerprint density at radius 2 is 2.00 bits per heavy atom. The molecule has 0 unspecified atom stereocenters. The average molecular weight is 255 g/mol. The number of rotatable bonds is 8. The molecule has 0 radical (unpaired) electrons. The summed E-state index contributed by atoms with van der Waals surface area (Å²) < 4.78 is 5.57. The topological polar surface area (TPSA) is 26.3 Å². The first-order chi connectivity index (χ1) is 8.24. The maximum atomic E-state index is 11.0. The molecule has 0 aliphatic carbocycles. The van der Waals surface area contributed by atoms with Gasteiger partial charge in [-0.25, -0.2) is 0 Å². The van der Waals surface area contributed by atoms with Crippen LogP contribution in [0, 0.1) is 0 Å². The van der Waals surface area contributed by atoms with Crippen molar-refractivity contribution in [1.82, 2.24) is 0 Å². The molecule has 0 aromatic heterocycles. The second-order valence-corrected chi connectivity index (χ2v) is 4.41. The maximum absolute atomic E-state index is 11.0. The van der Waals surface area contributed by atoms with Gasteiger partial charge in [0.15, 0.2) is 0 Å². The van der Waals surface area contributed by atoms with Gasteiger partial charge in [0, 0.05) is 5.56 Å². The molecule has 0 aliphatic heterocycles. The highest BCUT2D eigenvalue weighted by atomic mass is 35.5. The van der Waals surface area contributed by atoms with Gasteiger partial charge >= 0.3 is 0 Å². The van der Waals surface area contributed by atoms with Crippen molar-refractivity contribution in [3.8, 4) is 5.75 Å². The van der Waals surface area contributed by atoms with Crippen LogP contribution in [0.25, 0.3) is 0 Å². The summed E-state index contributed by atoms with van der Waals surface area (Å²) in [6.07, 6.45) is 6.05. The molecule has 94 valence electrons. The highest BCUT2D eigenvalue weighted by Crippen LogP contribution is 2.15. The van der Waals surface area contributed by atoms with Crippen LogP contribution in [0.3, 0.4) is 0 Å². The maximum Gasteiger partial charge on any atom is 0.252 e. The third-order valence-corrected chi connectivity index (χ3v) is 2.80. The second-order valence-electron chi connectivity index (χ2n) is 4.06. The van der Waals surface area contributed by atoms with Crippen LogP contribution >= 0.6 is 11.6 Å². The second kappa shape index (κ2) is 8.13. The van der Waals surface area contributed by atoms with Gasteiger partial charge in [-0.3, -0.25) is 4.79 Å². The molecule has 0 bridgehead atoms. The molecular formula is C14H19ClO2. The van der Waals surface area contributed by atoms with Gasteiger partial charge in [0.1, 0.15) is 5.75 Å². The van der Waals surface area contributed by atoms with Crippen molar-refractivity contribution in [2.45, 2.75) is 39.0 Å². The van der Waals surface area contributed by atoms with Crippen LogP contribution in [0.15, 0.2) is 24.3 Å². The van der Waals surface area contributed by atoms with E-state index in [4.69, 9.17) is 16.3 Å². The Hall–Kier alpha value is -1.02. The van der Waals surface area contributed by atoms with E-state index < -0.39 is 5.24 Å². The Labute approximate surface area is 108 Å². The first kappa shape index (κ1) is 14.0. The first-order valence-electron chi connectivity index (χ1n) is 6.16. The minimum atomic E-state index is -0.446. The van der Waals surface area contributed by atoms with Crippen LogP contribution in [0.2, 0.25) is 0 Å². The number of halogens is 1. The molecule has 0 heterocycles. The van der Waals surface area contributed by atoms with E-state index in [2.05, 4.69) is 6.92 Å². The van der Waals surface area contributed by atoms with E-state index in [-0.39, 0.29) is 0 Å². The monoisotopic (exact) mass is 254 g/mol. The minimum absolute atomic E-state index is 0.446. The summed E-state index contributed by atoms with van der Waals surface area (Å²) in [7, 11) is 0. The Bertz CT molecular complexity index is 350. The van der Waals surface area contributed by atoms with Gasteiger partial charge in [-0.05, 0) is 36.2 Å². The fraction of sp³-hybridized carbons (Fsp3) is 0.500. The highest BCUT2D eigenvalue weighted by molar-refractivity contribution is 6.67. The van der Waals surface area contributed by atoms with Crippen molar-refractivity contribution in [3.05, 3.63) is 29.8 Å². The molecule has 3 heteroatoms. The van der Waals surface area contributed by atoms with Crippen LogP contribution in [-0.4, -0.2) is 11.8 Å². The van der Waals surface area contributed by atoms with Gasteiger partial charge in [0.2, 0.25) is 0 Å². The SMILES string of the molecule is CCCCCCCOc1cccc(C(=O)Cl)c1. The number of hydrogen-bond donors (Lipinski definition) is 0. The number of benzene rings is 1. The molecule has 0 amide bonds. The van der Waals surface area contributed by atoms with Crippen LogP contribution in [0.1, 0.15) is 49.4 Å². The van der Waals surface area contributed by atoms with E-state index in [0.29, 0.717) is 17.9 Å². The van der Waals surface area contributed by atoms with Gasteiger partial charge in [-0.1, -0.05) is 38.7 Å². The van der Waals surface area contributed by atoms with Crippen LogP contribution in [-0.2, 0) is 0 Å². The molecule has 0 fully saturated rings.